The molecule has 4 aromatic rings. The SMILES string of the molecule is COc1cc2nc(Cc3cnc(-c4cc(C)cc(C)c4)s3)[nH]c(=O)c2cc1OC. The summed E-state index contributed by atoms with van der Waals surface area (Å²) in [5, 5.41) is 1.42. The van der Waals surface area contributed by atoms with Crippen molar-refractivity contribution < 1.29 is 9.47 Å². The second kappa shape index (κ2) is 7.67. The number of ether oxygens (including phenoxy) is 2. The van der Waals surface area contributed by atoms with Crippen LogP contribution >= 0.6 is 11.3 Å². The lowest BCUT2D eigenvalue weighted by molar-refractivity contribution is 0.355. The number of thiazole rings is 1. The Bertz CT molecular complexity index is 1240. The Morgan fingerprint density at radius 2 is 1.69 bits per heavy atom. The molecule has 2 aromatic carbocycles. The monoisotopic (exact) mass is 407 g/mol. The highest BCUT2D eigenvalue weighted by atomic mass is 32.1. The molecule has 4 rings (SSSR count). The molecule has 0 bridgehead atoms. The van der Waals surface area contributed by atoms with E-state index in [0.717, 1.165) is 15.4 Å². The zero-order chi connectivity index (χ0) is 20.5. The quantitative estimate of drug-likeness (QED) is 0.535. The van der Waals surface area contributed by atoms with Gasteiger partial charge in [-0.15, -0.1) is 11.3 Å². The van der Waals surface area contributed by atoms with Crippen LogP contribution in [0, 0.1) is 13.8 Å². The minimum Gasteiger partial charge on any atom is -0.493 e. The van der Waals surface area contributed by atoms with Gasteiger partial charge in [-0.25, -0.2) is 9.97 Å². The molecule has 1 N–H and O–H groups in total. The van der Waals surface area contributed by atoms with E-state index in [1.54, 1.807) is 30.6 Å². The molecule has 0 aliphatic carbocycles. The molecule has 7 heteroatoms. The van der Waals surface area contributed by atoms with Crippen molar-refractivity contribution in [3.05, 3.63) is 68.7 Å². The molecule has 0 fully saturated rings. The largest absolute Gasteiger partial charge is 0.493 e. The Balaban J connectivity index is 1.68. The minimum absolute atomic E-state index is 0.204. The van der Waals surface area contributed by atoms with Gasteiger partial charge in [0.15, 0.2) is 11.5 Å². The summed E-state index contributed by atoms with van der Waals surface area (Å²) in [6.45, 7) is 4.16. The lowest BCUT2D eigenvalue weighted by atomic mass is 10.1. The number of nitrogens with zero attached hydrogens (tertiary/aromatic N) is 2. The van der Waals surface area contributed by atoms with Crippen LogP contribution in [-0.2, 0) is 6.42 Å². The summed E-state index contributed by atoms with van der Waals surface area (Å²) in [7, 11) is 3.10. The third-order valence-corrected chi connectivity index (χ3v) is 5.67. The summed E-state index contributed by atoms with van der Waals surface area (Å²) in [4.78, 5) is 25.6. The van der Waals surface area contributed by atoms with E-state index in [4.69, 9.17) is 9.47 Å². The van der Waals surface area contributed by atoms with Gasteiger partial charge in [-0.3, -0.25) is 4.79 Å². The number of hydrogen-bond acceptors (Lipinski definition) is 6. The molecule has 0 spiro atoms. The number of H-pyrrole nitrogens is 1. The lowest BCUT2D eigenvalue weighted by Crippen LogP contribution is -2.12. The number of aryl methyl sites for hydroxylation is 2. The van der Waals surface area contributed by atoms with Gasteiger partial charge in [-0.1, -0.05) is 17.2 Å². The fourth-order valence-corrected chi connectivity index (χ4v) is 4.29. The van der Waals surface area contributed by atoms with E-state index in [2.05, 4.69) is 47.0 Å². The molecule has 0 saturated carbocycles. The Morgan fingerprint density at radius 3 is 2.38 bits per heavy atom. The van der Waals surface area contributed by atoms with Gasteiger partial charge in [0.1, 0.15) is 10.8 Å². The molecule has 0 aliphatic heterocycles. The third-order valence-electron chi connectivity index (χ3n) is 4.62. The van der Waals surface area contributed by atoms with Crippen LogP contribution in [0.25, 0.3) is 21.5 Å². The molecule has 0 radical (unpaired) electrons. The molecule has 0 aliphatic rings. The van der Waals surface area contributed by atoms with Crippen molar-refractivity contribution in [2.45, 2.75) is 20.3 Å². The summed E-state index contributed by atoms with van der Waals surface area (Å²) >= 11 is 1.61. The predicted molar refractivity (Wildman–Crippen MR) is 115 cm³/mol. The first-order valence-corrected chi connectivity index (χ1v) is 9.97. The van der Waals surface area contributed by atoms with Gasteiger partial charge in [0, 0.05) is 29.1 Å². The van der Waals surface area contributed by atoms with E-state index in [1.807, 2.05) is 6.20 Å². The first kappa shape index (κ1) is 19.1. The number of benzene rings is 2. The highest BCUT2D eigenvalue weighted by Gasteiger charge is 2.13. The normalized spacial score (nSPS) is 11.0. The molecule has 148 valence electrons. The number of aromatic nitrogens is 3. The maximum atomic E-state index is 12.6. The van der Waals surface area contributed by atoms with Crippen LogP contribution < -0.4 is 15.0 Å². The Kier molecular flexibility index (Phi) is 5.07. The smallest absolute Gasteiger partial charge is 0.258 e. The second-order valence-corrected chi connectivity index (χ2v) is 8.04. The zero-order valence-corrected chi connectivity index (χ0v) is 17.5. The maximum Gasteiger partial charge on any atom is 0.258 e. The zero-order valence-electron chi connectivity index (χ0n) is 16.7. The Hall–Kier alpha value is -3.19. The van der Waals surface area contributed by atoms with Crippen molar-refractivity contribution in [2.24, 2.45) is 0 Å². The molecular weight excluding hydrogens is 386 g/mol. The summed E-state index contributed by atoms with van der Waals surface area (Å²) in [6.07, 6.45) is 2.35. The van der Waals surface area contributed by atoms with Crippen molar-refractivity contribution in [3.8, 4) is 22.1 Å². The van der Waals surface area contributed by atoms with Crippen LogP contribution in [0.5, 0.6) is 11.5 Å². The molecule has 29 heavy (non-hydrogen) atoms. The van der Waals surface area contributed by atoms with E-state index < -0.39 is 0 Å². The van der Waals surface area contributed by atoms with Crippen LogP contribution in [0.3, 0.4) is 0 Å². The van der Waals surface area contributed by atoms with E-state index in [0.29, 0.717) is 34.6 Å². The van der Waals surface area contributed by atoms with Crippen LogP contribution in [0.4, 0.5) is 0 Å². The van der Waals surface area contributed by atoms with Crippen molar-refractivity contribution >= 4 is 22.2 Å². The van der Waals surface area contributed by atoms with Gasteiger partial charge in [-0.2, -0.15) is 0 Å². The van der Waals surface area contributed by atoms with Crippen LogP contribution in [-0.4, -0.2) is 29.2 Å². The van der Waals surface area contributed by atoms with E-state index >= 15 is 0 Å². The predicted octanol–water partition coefficient (Wildman–Crippen LogP) is 4.27. The molecule has 0 saturated heterocycles. The molecule has 0 unspecified atom stereocenters. The molecule has 6 nitrogen and oxygen atoms in total. The lowest BCUT2D eigenvalue weighted by Gasteiger charge is -2.09. The van der Waals surface area contributed by atoms with E-state index in [9.17, 15) is 4.79 Å². The average molecular weight is 407 g/mol. The number of hydrogen-bond donors (Lipinski definition) is 1. The van der Waals surface area contributed by atoms with Crippen molar-refractivity contribution in [3.63, 3.8) is 0 Å². The Morgan fingerprint density at radius 1 is 1.00 bits per heavy atom. The molecular formula is C22H21N3O3S. The van der Waals surface area contributed by atoms with Crippen molar-refractivity contribution in [1.29, 1.82) is 0 Å². The first-order valence-electron chi connectivity index (χ1n) is 9.15. The standard InChI is InChI=1S/C22H21N3O3S/c1-12-5-13(2)7-14(6-12)22-23-11-15(29-22)8-20-24-17-10-19(28-4)18(27-3)9-16(17)21(26)25-20/h5-7,9-11H,8H2,1-4H3,(H,24,25,26). The fourth-order valence-electron chi connectivity index (χ4n) is 3.38. The topological polar surface area (TPSA) is 77.1 Å². The summed E-state index contributed by atoms with van der Waals surface area (Å²) in [5.74, 6) is 1.63. The van der Waals surface area contributed by atoms with Crippen LogP contribution in [0.2, 0.25) is 0 Å². The van der Waals surface area contributed by atoms with Gasteiger partial charge < -0.3 is 14.5 Å². The number of nitrogens with one attached hydrogen (secondary N) is 1. The molecule has 0 atom stereocenters. The highest BCUT2D eigenvalue weighted by molar-refractivity contribution is 7.15. The average Bonchev–Trinajstić information content (AvgIpc) is 3.15. The summed E-state index contributed by atoms with van der Waals surface area (Å²) in [6, 6.07) is 9.77. The minimum atomic E-state index is -0.204. The number of fused-ring (bicyclic) bond motifs is 1. The van der Waals surface area contributed by atoms with Gasteiger partial charge in [0.05, 0.1) is 25.1 Å². The Labute approximate surface area is 172 Å². The van der Waals surface area contributed by atoms with E-state index in [-0.39, 0.29) is 5.56 Å². The van der Waals surface area contributed by atoms with Gasteiger partial charge >= 0.3 is 0 Å². The van der Waals surface area contributed by atoms with Crippen molar-refractivity contribution in [1.82, 2.24) is 15.0 Å². The van der Waals surface area contributed by atoms with Crippen molar-refractivity contribution in [2.75, 3.05) is 14.2 Å². The number of rotatable bonds is 5. The highest BCUT2D eigenvalue weighted by Crippen LogP contribution is 2.31. The summed E-state index contributed by atoms with van der Waals surface area (Å²) in [5.41, 5.74) is 3.89. The molecule has 2 heterocycles. The second-order valence-electron chi connectivity index (χ2n) is 6.92. The molecule has 0 amide bonds. The van der Waals surface area contributed by atoms with Gasteiger partial charge in [-0.05, 0) is 32.0 Å². The van der Waals surface area contributed by atoms with Crippen LogP contribution in [0.1, 0.15) is 21.8 Å². The molecule has 2 aromatic heterocycles. The van der Waals surface area contributed by atoms with Crippen LogP contribution in [0.15, 0.2) is 41.3 Å². The van der Waals surface area contributed by atoms with Gasteiger partial charge in [0.25, 0.3) is 5.56 Å². The third kappa shape index (κ3) is 3.86. The first-order chi connectivity index (χ1) is 14.0. The maximum absolute atomic E-state index is 12.6. The number of methoxy groups -OCH3 is 2. The fraction of sp³-hybridized carbons (Fsp3) is 0.227. The number of aromatic amines is 1. The summed E-state index contributed by atoms with van der Waals surface area (Å²) < 4.78 is 10.6. The van der Waals surface area contributed by atoms with E-state index in [1.165, 1.54) is 18.2 Å². The van der Waals surface area contributed by atoms with Gasteiger partial charge in [0.2, 0.25) is 0 Å².